The molecule has 0 aromatic carbocycles. The van der Waals surface area contributed by atoms with Crippen LogP contribution >= 0.6 is 15.9 Å². The van der Waals surface area contributed by atoms with Gasteiger partial charge in [0.1, 0.15) is 4.47 Å². The van der Waals surface area contributed by atoms with Gasteiger partial charge >= 0.3 is 0 Å². The minimum Gasteiger partial charge on any atom is -0.375 e. The summed E-state index contributed by atoms with van der Waals surface area (Å²) in [6.07, 6.45) is 5.62. The molecular weight excluding hydrogens is 312 g/mol. The third-order valence-corrected chi connectivity index (χ3v) is 3.82. The third kappa shape index (κ3) is 2.86. The Balaban J connectivity index is 1.74. The van der Waals surface area contributed by atoms with Crippen LogP contribution in [0.2, 0.25) is 0 Å². The lowest BCUT2D eigenvalue weighted by molar-refractivity contribution is 0.388. The number of anilines is 1. The van der Waals surface area contributed by atoms with E-state index >= 15 is 0 Å². The van der Waals surface area contributed by atoms with Gasteiger partial charge in [-0.05, 0) is 34.7 Å². The second kappa shape index (κ2) is 5.16. The number of aromatic nitrogens is 3. The minimum absolute atomic E-state index is 0.102. The Hall–Kier alpha value is -1.63. The predicted octanol–water partition coefficient (Wildman–Crippen LogP) is 2.02. The molecule has 6 nitrogen and oxygen atoms in total. The van der Waals surface area contributed by atoms with Gasteiger partial charge in [-0.2, -0.15) is 5.10 Å². The van der Waals surface area contributed by atoms with Crippen LogP contribution in [0.3, 0.4) is 0 Å². The molecule has 0 unspecified atom stereocenters. The van der Waals surface area contributed by atoms with Crippen LogP contribution in [-0.4, -0.2) is 14.9 Å². The second-order valence-electron chi connectivity index (χ2n) is 4.64. The normalized spacial score (nSPS) is 14.6. The van der Waals surface area contributed by atoms with Crippen LogP contribution in [0.4, 0.5) is 5.69 Å². The number of rotatable bonds is 5. The quantitative estimate of drug-likeness (QED) is 0.910. The molecule has 0 spiro atoms. The fourth-order valence-electron chi connectivity index (χ4n) is 1.78. The van der Waals surface area contributed by atoms with E-state index in [0.717, 1.165) is 0 Å². The fraction of sp³-hybridized carbons (Fsp3) is 0.417. The Morgan fingerprint density at radius 1 is 1.53 bits per heavy atom. The van der Waals surface area contributed by atoms with Gasteiger partial charge in [0, 0.05) is 12.6 Å². The molecule has 7 heteroatoms. The maximum Gasteiger partial charge on any atom is 0.283 e. The smallest absolute Gasteiger partial charge is 0.283 e. The molecule has 100 valence electrons. The highest BCUT2D eigenvalue weighted by atomic mass is 79.9. The Bertz CT molecular complexity index is 619. The van der Waals surface area contributed by atoms with Crippen molar-refractivity contribution in [1.29, 1.82) is 0 Å². The maximum absolute atomic E-state index is 12.1. The molecular formula is C12H13BrN4O2. The van der Waals surface area contributed by atoms with Crippen LogP contribution in [0, 0.1) is 5.92 Å². The molecule has 2 aromatic rings. The van der Waals surface area contributed by atoms with Crippen molar-refractivity contribution in [2.24, 2.45) is 5.92 Å². The zero-order valence-corrected chi connectivity index (χ0v) is 11.8. The first-order valence-electron chi connectivity index (χ1n) is 6.13. The molecule has 0 aliphatic heterocycles. The van der Waals surface area contributed by atoms with Crippen molar-refractivity contribution in [2.45, 2.75) is 25.9 Å². The first-order chi connectivity index (χ1) is 9.24. The summed E-state index contributed by atoms with van der Waals surface area (Å²) in [4.78, 5) is 12.1. The molecule has 1 aliphatic rings. The van der Waals surface area contributed by atoms with Crippen LogP contribution in [0.15, 0.2) is 32.3 Å². The van der Waals surface area contributed by atoms with Gasteiger partial charge in [-0.3, -0.25) is 4.79 Å². The SMILES string of the molecule is O=c1c(Br)c(NCc2ccno2)cnn1CC1CC1. The van der Waals surface area contributed by atoms with Crippen molar-refractivity contribution in [3.8, 4) is 0 Å². The molecule has 0 bridgehead atoms. The van der Waals surface area contributed by atoms with Crippen LogP contribution in [-0.2, 0) is 13.1 Å². The van der Waals surface area contributed by atoms with Gasteiger partial charge in [0.25, 0.3) is 5.56 Å². The van der Waals surface area contributed by atoms with Gasteiger partial charge in [0.05, 0.1) is 24.6 Å². The molecule has 3 rings (SSSR count). The minimum atomic E-state index is -0.102. The Morgan fingerprint density at radius 2 is 2.37 bits per heavy atom. The van der Waals surface area contributed by atoms with E-state index in [1.807, 2.05) is 0 Å². The highest BCUT2D eigenvalue weighted by molar-refractivity contribution is 9.10. The molecule has 2 heterocycles. The van der Waals surface area contributed by atoms with Crippen LogP contribution in [0.1, 0.15) is 18.6 Å². The fourth-order valence-corrected chi connectivity index (χ4v) is 2.23. The summed E-state index contributed by atoms with van der Waals surface area (Å²) in [7, 11) is 0. The summed E-state index contributed by atoms with van der Waals surface area (Å²) in [6, 6.07) is 1.77. The maximum atomic E-state index is 12.1. The number of hydrogen-bond donors (Lipinski definition) is 1. The van der Waals surface area contributed by atoms with Gasteiger partial charge in [-0.25, -0.2) is 4.68 Å². The summed E-state index contributed by atoms with van der Waals surface area (Å²) >= 11 is 3.32. The molecule has 1 N–H and O–H groups in total. The lowest BCUT2D eigenvalue weighted by Crippen LogP contribution is -2.25. The van der Waals surface area contributed by atoms with Crippen molar-refractivity contribution < 1.29 is 4.52 Å². The van der Waals surface area contributed by atoms with Gasteiger partial charge in [0.2, 0.25) is 0 Å². The van der Waals surface area contributed by atoms with E-state index in [0.29, 0.717) is 34.9 Å². The van der Waals surface area contributed by atoms with E-state index in [1.165, 1.54) is 17.5 Å². The number of nitrogens with zero attached hydrogens (tertiary/aromatic N) is 3. The number of halogens is 1. The van der Waals surface area contributed by atoms with E-state index in [2.05, 4.69) is 31.5 Å². The molecule has 1 fully saturated rings. The number of hydrogen-bond acceptors (Lipinski definition) is 5. The highest BCUT2D eigenvalue weighted by Crippen LogP contribution is 2.30. The summed E-state index contributed by atoms with van der Waals surface area (Å²) < 4.78 is 7.00. The van der Waals surface area contributed by atoms with Crippen molar-refractivity contribution in [1.82, 2.24) is 14.9 Å². The molecule has 2 aromatic heterocycles. The lowest BCUT2D eigenvalue weighted by atomic mass is 10.4. The Labute approximate surface area is 117 Å². The van der Waals surface area contributed by atoms with Gasteiger partial charge in [-0.1, -0.05) is 5.16 Å². The molecule has 1 aliphatic carbocycles. The zero-order chi connectivity index (χ0) is 13.2. The van der Waals surface area contributed by atoms with E-state index in [1.54, 1.807) is 18.5 Å². The van der Waals surface area contributed by atoms with Crippen molar-refractivity contribution in [3.05, 3.63) is 39.0 Å². The van der Waals surface area contributed by atoms with E-state index in [9.17, 15) is 4.79 Å². The van der Waals surface area contributed by atoms with E-state index < -0.39 is 0 Å². The molecule has 0 amide bonds. The lowest BCUT2D eigenvalue weighted by Gasteiger charge is -2.09. The Morgan fingerprint density at radius 3 is 3.05 bits per heavy atom. The highest BCUT2D eigenvalue weighted by Gasteiger charge is 2.23. The predicted molar refractivity (Wildman–Crippen MR) is 72.8 cm³/mol. The van der Waals surface area contributed by atoms with Crippen molar-refractivity contribution in [3.63, 3.8) is 0 Å². The molecule has 19 heavy (non-hydrogen) atoms. The van der Waals surface area contributed by atoms with Gasteiger partial charge < -0.3 is 9.84 Å². The number of nitrogens with one attached hydrogen (secondary N) is 1. The largest absolute Gasteiger partial charge is 0.375 e. The van der Waals surface area contributed by atoms with Gasteiger partial charge in [0.15, 0.2) is 5.76 Å². The monoisotopic (exact) mass is 324 g/mol. The summed E-state index contributed by atoms with van der Waals surface area (Å²) in [6.45, 7) is 1.17. The molecule has 0 atom stereocenters. The summed E-state index contributed by atoms with van der Waals surface area (Å²) in [5, 5.41) is 10.9. The van der Waals surface area contributed by atoms with Crippen molar-refractivity contribution >= 4 is 21.6 Å². The zero-order valence-electron chi connectivity index (χ0n) is 10.2. The molecule has 1 saturated carbocycles. The molecule has 0 radical (unpaired) electrons. The Kier molecular flexibility index (Phi) is 3.37. The van der Waals surface area contributed by atoms with E-state index in [-0.39, 0.29) is 5.56 Å². The van der Waals surface area contributed by atoms with E-state index in [4.69, 9.17) is 4.52 Å². The van der Waals surface area contributed by atoms with Crippen LogP contribution < -0.4 is 10.9 Å². The first kappa shape index (κ1) is 12.4. The summed E-state index contributed by atoms with van der Waals surface area (Å²) in [5.41, 5.74) is 0.558. The topological polar surface area (TPSA) is 73.0 Å². The summed E-state index contributed by atoms with van der Waals surface area (Å²) in [5.74, 6) is 1.32. The molecule has 0 saturated heterocycles. The third-order valence-electron chi connectivity index (χ3n) is 3.06. The van der Waals surface area contributed by atoms with Gasteiger partial charge in [-0.15, -0.1) is 0 Å². The second-order valence-corrected chi connectivity index (χ2v) is 5.43. The average molecular weight is 325 g/mol. The van der Waals surface area contributed by atoms with Crippen LogP contribution in [0.5, 0.6) is 0 Å². The van der Waals surface area contributed by atoms with Crippen LogP contribution in [0.25, 0.3) is 0 Å². The standard InChI is InChI=1S/C12H13BrN4O2/c13-11-10(14-5-9-3-4-16-19-9)6-15-17(12(11)18)7-8-1-2-8/h3-4,6,8,14H,1-2,5,7H2. The first-order valence-corrected chi connectivity index (χ1v) is 6.92. The van der Waals surface area contributed by atoms with Crippen molar-refractivity contribution in [2.75, 3.05) is 5.32 Å². The average Bonchev–Trinajstić information content (AvgIpc) is 3.07.